The Morgan fingerprint density at radius 2 is 2.18 bits per heavy atom. The maximum Gasteiger partial charge on any atom is 0.328 e. The van der Waals surface area contributed by atoms with Crippen LogP contribution in [0.1, 0.15) is 10.4 Å². The van der Waals surface area contributed by atoms with Gasteiger partial charge in [-0.25, -0.2) is 4.79 Å². The predicted octanol–water partition coefficient (Wildman–Crippen LogP) is 1.56. The smallest absolute Gasteiger partial charge is 0.328 e. The Labute approximate surface area is 128 Å². The topological polar surface area (TPSA) is 80.6 Å². The van der Waals surface area contributed by atoms with Crippen LogP contribution < -0.4 is 5.32 Å². The number of nitrogens with one attached hydrogen (secondary N) is 1. The van der Waals surface area contributed by atoms with Gasteiger partial charge in [-0.15, -0.1) is 6.58 Å². The molecule has 1 aromatic carbocycles. The van der Waals surface area contributed by atoms with Crippen LogP contribution in [-0.2, 0) is 16.6 Å². The number of amides is 1. The second-order valence-corrected chi connectivity index (χ2v) is 4.86. The van der Waals surface area contributed by atoms with Gasteiger partial charge in [-0.1, -0.05) is 24.3 Å². The molecule has 0 spiro atoms. The number of hydrogen-bond donors (Lipinski definition) is 2. The van der Waals surface area contributed by atoms with Crippen LogP contribution in [-0.4, -0.2) is 40.8 Å². The van der Waals surface area contributed by atoms with Gasteiger partial charge in [0.2, 0.25) is 0 Å². The zero-order valence-electron chi connectivity index (χ0n) is 12.3. The molecule has 2 rings (SSSR count). The number of nitrogens with zero attached hydrogens (tertiary/aromatic N) is 1. The van der Waals surface area contributed by atoms with Crippen LogP contribution in [0.25, 0.3) is 10.9 Å². The molecule has 116 valence electrons. The lowest BCUT2D eigenvalue weighted by Crippen LogP contribution is -2.44. The van der Waals surface area contributed by atoms with Gasteiger partial charge in [-0.2, -0.15) is 0 Å². The third-order valence-corrected chi connectivity index (χ3v) is 3.27. The fourth-order valence-corrected chi connectivity index (χ4v) is 2.20. The van der Waals surface area contributed by atoms with Gasteiger partial charge in [0.15, 0.2) is 6.04 Å². The van der Waals surface area contributed by atoms with Crippen LogP contribution in [0.15, 0.2) is 43.1 Å². The highest BCUT2D eigenvalue weighted by Crippen LogP contribution is 2.20. The zero-order valence-corrected chi connectivity index (χ0v) is 12.3. The van der Waals surface area contributed by atoms with Crippen molar-refractivity contribution in [3.8, 4) is 0 Å². The maximum absolute atomic E-state index is 12.4. The lowest BCUT2D eigenvalue weighted by atomic mass is 10.1. The second-order valence-electron chi connectivity index (χ2n) is 4.86. The van der Waals surface area contributed by atoms with Gasteiger partial charge >= 0.3 is 5.97 Å². The summed E-state index contributed by atoms with van der Waals surface area (Å²) in [6.45, 7) is 3.60. The highest BCUT2D eigenvalue weighted by Gasteiger charge is 2.22. The first-order valence-electron chi connectivity index (χ1n) is 6.81. The zero-order chi connectivity index (χ0) is 16.1. The number of carbonyl (C=O) groups is 2. The van der Waals surface area contributed by atoms with Crippen molar-refractivity contribution >= 4 is 22.8 Å². The molecule has 0 aliphatic heterocycles. The Bertz CT molecular complexity index is 705. The summed E-state index contributed by atoms with van der Waals surface area (Å²) in [5.74, 6) is -1.58. The molecular formula is C16H18N2O4. The van der Waals surface area contributed by atoms with Crippen LogP contribution >= 0.6 is 0 Å². The molecule has 0 saturated carbocycles. The van der Waals surface area contributed by atoms with Crippen LogP contribution in [0.5, 0.6) is 0 Å². The van der Waals surface area contributed by atoms with Crippen molar-refractivity contribution in [2.24, 2.45) is 7.05 Å². The molecule has 1 unspecified atom stereocenters. The normalized spacial score (nSPS) is 12.0. The molecule has 6 heteroatoms. The summed E-state index contributed by atoms with van der Waals surface area (Å²) in [5.41, 5.74) is 1.34. The fourth-order valence-electron chi connectivity index (χ4n) is 2.20. The minimum absolute atomic E-state index is 0.113. The molecule has 0 fully saturated rings. The van der Waals surface area contributed by atoms with Gasteiger partial charge in [-0.3, -0.25) is 4.79 Å². The number of ether oxygens (including phenoxy) is 1. The number of para-hydroxylation sites is 1. The van der Waals surface area contributed by atoms with E-state index in [4.69, 9.17) is 9.84 Å². The van der Waals surface area contributed by atoms with Crippen molar-refractivity contribution in [1.82, 2.24) is 9.88 Å². The number of aryl methyl sites for hydroxylation is 1. The molecule has 0 radical (unpaired) electrons. The second kappa shape index (κ2) is 6.91. The van der Waals surface area contributed by atoms with Gasteiger partial charge in [0, 0.05) is 24.1 Å². The van der Waals surface area contributed by atoms with Crippen molar-refractivity contribution in [2.75, 3.05) is 13.2 Å². The predicted molar refractivity (Wildman–Crippen MR) is 82.8 cm³/mol. The standard InChI is InChI=1S/C16H18N2O4/c1-3-8-22-10-13(16(20)21)17-15(19)12-9-18(2)14-7-5-4-6-11(12)14/h3-7,9,13H,1,8,10H2,2H3,(H,17,19)(H,20,21). The first kappa shape index (κ1) is 15.8. The van der Waals surface area contributed by atoms with E-state index in [9.17, 15) is 9.59 Å². The van der Waals surface area contributed by atoms with Crippen molar-refractivity contribution < 1.29 is 19.4 Å². The minimum atomic E-state index is -1.14. The monoisotopic (exact) mass is 302 g/mol. The summed E-state index contributed by atoms with van der Waals surface area (Å²) in [7, 11) is 1.83. The molecule has 0 saturated heterocycles. The van der Waals surface area contributed by atoms with Crippen molar-refractivity contribution in [1.29, 1.82) is 0 Å². The summed E-state index contributed by atoms with van der Waals surface area (Å²) < 4.78 is 6.94. The van der Waals surface area contributed by atoms with Crippen molar-refractivity contribution in [3.05, 3.63) is 48.7 Å². The van der Waals surface area contributed by atoms with Gasteiger partial charge in [0.05, 0.1) is 18.8 Å². The number of aliphatic carboxylic acids is 1. The first-order chi connectivity index (χ1) is 10.5. The Hall–Kier alpha value is -2.60. The van der Waals surface area contributed by atoms with E-state index in [0.29, 0.717) is 5.56 Å². The van der Waals surface area contributed by atoms with E-state index in [1.807, 2.05) is 35.9 Å². The highest BCUT2D eigenvalue weighted by atomic mass is 16.5. The lowest BCUT2D eigenvalue weighted by Gasteiger charge is -2.14. The van der Waals surface area contributed by atoms with Gasteiger partial charge in [0.1, 0.15) is 0 Å². The SMILES string of the molecule is C=CCOCC(NC(=O)c1cn(C)c2ccccc12)C(=O)O. The Balaban J connectivity index is 2.18. The van der Waals surface area contributed by atoms with Crippen molar-refractivity contribution in [2.45, 2.75) is 6.04 Å². The van der Waals surface area contributed by atoms with Crippen LogP contribution in [0.3, 0.4) is 0 Å². The summed E-state index contributed by atoms with van der Waals surface area (Å²) >= 11 is 0. The van der Waals surface area contributed by atoms with E-state index in [2.05, 4.69) is 11.9 Å². The van der Waals surface area contributed by atoms with Gasteiger partial charge in [0.25, 0.3) is 5.91 Å². The summed E-state index contributed by atoms with van der Waals surface area (Å²) in [5, 5.41) is 12.4. The van der Waals surface area contributed by atoms with Crippen LogP contribution in [0, 0.1) is 0 Å². The summed E-state index contributed by atoms with van der Waals surface area (Å²) in [6, 6.07) is 6.34. The molecule has 2 N–H and O–H groups in total. The number of rotatable bonds is 7. The Morgan fingerprint density at radius 1 is 1.45 bits per heavy atom. The summed E-state index contributed by atoms with van der Waals surface area (Å²) in [4.78, 5) is 23.6. The van der Waals surface area contributed by atoms with E-state index < -0.39 is 17.9 Å². The average molecular weight is 302 g/mol. The van der Waals surface area contributed by atoms with E-state index in [0.717, 1.165) is 10.9 Å². The lowest BCUT2D eigenvalue weighted by molar-refractivity contribution is -0.140. The molecule has 2 aromatic rings. The molecular weight excluding hydrogens is 284 g/mol. The molecule has 1 atom stereocenters. The highest BCUT2D eigenvalue weighted by molar-refractivity contribution is 6.07. The van der Waals surface area contributed by atoms with Crippen LogP contribution in [0.2, 0.25) is 0 Å². The van der Waals surface area contributed by atoms with E-state index >= 15 is 0 Å². The number of fused-ring (bicyclic) bond motifs is 1. The quantitative estimate of drug-likeness (QED) is 0.601. The van der Waals surface area contributed by atoms with Gasteiger partial charge < -0.3 is 19.7 Å². The minimum Gasteiger partial charge on any atom is -0.480 e. The molecule has 0 aliphatic carbocycles. The third kappa shape index (κ3) is 3.35. The Morgan fingerprint density at radius 3 is 2.86 bits per heavy atom. The maximum atomic E-state index is 12.4. The largest absolute Gasteiger partial charge is 0.480 e. The Kier molecular flexibility index (Phi) is 4.95. The number of carboxylic acids is 1. The van der Waals surface area contributed by atoms with E-state index in [1.54, 1.807) is 6.20 Å². The molecule has 6 nitrogen and oxygen atoms in total. The third-order valence-electron chi connectivity index (χ3n) is 3.27. The molecule has 0 bridgehead atoms. The molecule has 0 aliphatic rings. The summed E-state index contributed by atoms with van der Waals surface area (Å²) in [6.07, 6.45) is 3.20. The first-order valence-corrected chi connectivity index (χ1v) is 6.81. The molecule has 1 heterocycles. The van der Waals surface area contributed by atoms with Crippen LogP contribution in [0.4, 0.5) is 0 Å². The molecule has 1 aromatic heterocycles. The fraction of sp³-hybridized carbons (Fsp3) is 0.250. The number of benzene rings is 1. The average Bonchev–Trinajstić information content (AvgIpc) is 2.84. The molecule has 1 amide bonds. The number of carboxylic acid groups (broad SMARTS) is 1. The molecule has 22 heavy (non-hydrogen) atoms. The van der Waals surface area contributed by atoms with Gasteiger partial charge in [-0.05, 0) is 6.07 Å². The number of aromatic nitrogens is 1. The van der Waals surface area contributed by atoms with E-state index in [-0.39, 0.29) is 13.2 Å². The number of carbonyl (C=O) groups excluding carboxylic acids is 1. The number of hydrogen-bond acceptors (Lipinski definition) is 3. The van der Waals surface area contributed by atoms with E-state index in [1.165, 1.54) is 6.08 Å². The van der Waals surface area contributed by atoms with Crippen molar-refractivity contribution in [3.63, 3.8) is 0 Å².